The van der Waals surface area contributed by atoms with Crippen LogP contribution in [-0.2, 0) is 4.74 Å². The van der Waals surface area contributed by atoms with E-state index in [0.29, 0.717) is 27.6 Å². The highest BCUT2D eigenvalue weighted by Crippen LogP contribution is 2.36. The normalized spacial score (nSPS) is 10.8. The third-order valence-electron chi connectivity index (χ3n) is 4.49. The van der Waals surface area contributed by atoms with Crippen LogP contribution in [0.3, 0.4) is 0 Å². The lowest BCUT2D eigenvalue weighted by Crippen LogP contribution is -2.15. The summed E-state index contributed by atoms with van der Waals surface area (Å²) in [7, 11) is 0. The first-order valence-electron chi connectivity index (χ1n) is 9.36. The molecule has 150 valence electrons. The first-order valence-corrected chi connectivity index (χ1v) is 10.2. The number of carbonyl (C=O) groups is 2. The molecule has 2 aromatic carbocycles. The Labute approximate surface area is 173 Å². The largest absolute Gasteiger partial charge is 0.462 e. The van der Waals surface area contributed by atoms with Gasteiger partial charge in [-0.3, -0.25) is 4.79 Å². The van der Waals surface area contributed by atoms with Crippen LogP contribution in [0, 0.1) is 5.82 Å². The summed E-state index contributed by atoms with van der Waals surface area (Å²) in [6.45, 7) is 6.10. The molecule has 0 aliphatic heterocycles. The zero-order chi connectivity index (χ0) is 21.0. The summed E-state index contributed by atoms with van der Waals surface area (Å²) >= 11 is 1.23. The fourth-order valence-corrected chi connectivity index (χ4v) is 3.84. The van der Waals surface area contributed by atoms with Crippen LogP contribution < -0.4 is 5.32 Å². The highest BCUT2D eigenvalue weighted by atomic mass is 32.1. The van der Waals surface area contributed by atoms with Gasteiger partial charge in [0.25, 0.3) is 5.91 Å². The van der Waals surface area contributed by atoms with E-state index in [1.54, 1.807) is 36.6 Å². The molecule has 3 aromatic rings. The monoisotopic (exact) mass is 411 g/mol. The molecule has 0 bridgehead atoms. The third kappa shape index (κ3) is 4.71. The fraction of sp³-hybridized carbons (Fsp3) is 0.217. The Balaban J connectivity index is 1.93. The summed E-state index contributed by atoms with van der Waals surface area (Å²) < 4.78 is 18.5. The number of halogens is 1. The predicted molar refractivity (Wildman–Crippen MR) is 114 cm³/mol. The van der Waals surface area contributed by atoms with E-state index in [2.05, 4.69) is 19.2 Å². The molecule has 4 nitrogen and oxygen atoms in total. The SMILES string of the molecule is CCOC(=O)c1c(-c2ccc(F)cc2)csc1NC(=O)c1ccc(C(C)C)cc1. The molecule has 0 saturated carbocycles. The number of rotatable bonds is 6. The molecule has 6 heteroatoms. The molecule has 3 rings (SSSR count). The molecule has 0 radical (unpaired) electrons. The van der Waals surface area contributed by atoms with Gasteiger partial charge in [-0.25, -0.2) is 9.18 Å². The van der Waals surface area contributed by atoms with E-state index in [9.17, 15) is 14.0 Å². The van der Waals surface area contributed by atoms with Crippen LogP contribution in [-0.4, -0.2) is 18.5 Å². The predicted octanol–water partition coefficient (Wildman–Crippen LogP) is 6.11. The number of carbonyl (C=O) groups excluding carboxylic acids is 2. The topological polar surface area (TPSA) is 55.4 Å². The number of hydrogen-bond acceptors (Lipinski definition) is 4. The zero-order valence-corrected chi connectivity index (χ0v) is 17.3. The second-order valence-electron chi connectivity index (χ2n) is 6.81. The number of nitrogens with one attached hydrogen (secondary N) is 1. The van der Waals surface area contributed by atoms with E-state index in [4.69, 9.17) is 4.74 Å². The molecule has 1 amide bonds. The van der Waals surface area contributed by atoms with Crippen molar-refractivity contribution < 1.29 is 18.7 Å². The Morgan fingerprint density at radius 2 is 1.72 bits per heavy atom. The highest BCUT2D eigenvalue weighted by molar-refractivity contribution is 7.15. The van der Waals surface area contributed by atoms with Gasteiger partial charge in [-0.05, 0) is 48.2 Å². The number of amides is 1. The van der Waals surface area contributed by atoms with Crippen molar-refractivity contribution in [1.82, 2.24) is 0 Å². The lowest BCUT2D eigenvalue weighted by atomic mass is 10.0. The summed E-state index contributed by atoms with van der Waals surface area (Å²) in [5.41, 5.74) is 3.19. The molecule has 1 aromatic heterocycles. The number of benzene rings is 2. The van der Waals surface area contributed by atoms with Gasteiger partial charge in [-0.2, -0.15) is 0 Å². The minimum Gasteiger partial charge on any atom is -0.462 e. The first kappa shape index (κ1) is 20.7. The van der Waals surface area contributed by atoms with Crippen LogP contribution in [0.2, 0.25) is 0 Å². The summed E-state index contributed by atoms with van der Waals surface area (Å²) in [6.07, 6.45) is 0. The maximum absolute atomic E-state index is 13.3. The number of anilines is 1. The van der Waals surface area contributed by atoms with Crippen molar-refractivity contribution in [3.05, 3.63) is 76.4 Å². The lowest BCUT2D eigenvalue weighted by Gasteiger charge is -2.10. The zero-order valence-electron chi connectivity index (χ0n) is 16.5. The summed E-state index contributed by atoms with van der Waals surface area (Å²) in [5, 5.41) is 4.99. The van der Waals surface area contributed by atoms with Gasteiger partial charge in [-0.15, -0.1) is 11.3 Å². The maximum Gasteiger partial charge on any atom is 0.341 e. The minimum absolute atomic E-state index is 0.210. The number of hydrogen-bond donors (Lipinski definition) is 1. The van der Waals surface area contributed by atoms with Gasteiger partial charge in [0.1, 0.15) is 16.4 Å². The molecule has 1 N–H and O–H groups in total. The number of thiophene rings is 1. The van der Waals surface area contributed by atoms with Gasteiger partial charge in [0.15, 0.2) is 0 Å². The number of ether oxygens (including phenoxy) is 1. The Hall–Kier alpha value is -2.99. The van der Waals surface area contributed by atoms with Crippen molar-refractivity contribution in [2.75, 3.05) is 11.9 Å². The van der Waals surface area contributed by atoms with Crippen LogP contribution in [0.4, 0.5) is 9.39 Å². The van der Waals surface area contributed by atoms with Crippen molar-refractivity contribution in [3.63, 3.8) is 0 Å². The Kier molecular flexibility index (Phi) is 6.44. The molecular weight excluding hydrogens is 389 g/mol. The molecule has 0 atom stereocenters. The smallest absolute Gasteiger partial charge is 0.341 e. The molecule has 0 spiro atoms. The molecule has 0 aliphatic carbocycles. The van der Waals surface area contributed by atoms with Gasteiger partial charge in [0, 0.05) is 16.5 Å². The van der Waals surface area contributed by atoms with Crippen molar-refractivity contribution in [1.29, 1.82) is 0 Å². The Morgan fingerprint density at radius 1 is 1.07 bits per heavy atom. The van der Waals surface area contributed by atoms with Crippen LogP contribution in [0.1, 0.15) is 53.0 Å². The molecule has 1 heterocycles. The Morgan fingerprint density at radius 3 is 2.31 bits per heavy atom. The van der Waals surface area contributed by atoms with E-state index in [1.807, 2.05) is 12.1 Å². The van der Waals surface area contributed by atoms with Gasteiger partial charge >= 0.3 is 5.97 Å². The second-order valence-corrected chi connectivity index (χ2v) is 7.69. The Bertz CT molecular complexity index is 1010. The van der Waals surface area contributed by atoms with E-state index < -0.39 is 5.97 Å². The molecule has 0 saturated heterocycles. The quantitative estimate of drug-likeness (QED) is 0.498. The van der Waals surface area contributed by atoms with Crippen molar-refractivity contribution in [3.8, 4) is 11.1 Å². The van der Waals surface area contributed by atoms with Gasteiger partial charge < -0.3 is 10.1 Å². The van der Waals surface area contributed by atoms with Crippen LogP contribution >= 0.6 is 11.3 Å². The maximum atomic E-state index is 13.3. The molecule has 0 fully saturated rings. The van der Waals surface area contributed by atoms with Crippen LogP contribution in [0.25, 0.3) is 11.1 Å². The van der Waals surface area contributed by atoms with Crippen molar-refractivity contribution in [2.45, 2.75) is 26.7 Å². The van der Waals surface area contributed by atoms with E-state index in [-0.39, 0.29) is 23.9 Å². The highest BCUT2D eigenvalue weighted by Gasteiger charge is 2.23. The van der Waals surface area contributed by atoms with E-state index in [1.165, 1.54) is 23.5 Å². The van der Waals surface area contributed by atoms with Crippen LogP contribution in [0.5, 0.6) is 0 Å². The van der Waals surface area contributed by atoms with Gasteiger partial charge in [0.05, 0.1) is 6.61 Å². The lowest BCUT2D eigenvalue weighted by molar-refractivity contribution is 0.0529. The standard InChI is InChI=1S/C23H22FNO3S/c1-4-28-23(27)20-19(16-9-11-18(24)12-10-16)13-29-22(20)25-21(26)17-7-5-15(6-8-17)14(2)3/h5-14H,4H2,1-3H3,(H,25,26). The van der Waals surface area contributed by atoms with E-state index >= 15 is 0 Å². The molecule has 0 unspecified atom stereocenters. The minimum atomic E-state index is -0.529. The summed E-state index contributed by atoms with van der Waals surface area (Å²) in [4.78, 5) is 25.3. The second kappa shape index (κ2) is 9.01. The van der Waals surface area contributed by atoms with Crippen molar-refractivity contribution >= 4 is 28.2 Å². The van der Waals surface area contributed by atoms with Crippen LogP contribution in [0.15, 0.2) is 53.9 Å². The summed E-state index contributed by atoms with van der Waals surface area (Å²) in [6, 6.07) is 13.2. The molecule has 0 aliphatic rings. The van der Waals surface area contributed by atoms with Crippen molar-refractivity contribution in [2.24, 2.45) is 0 Å². The van der Waals surface area contributed by atoms with Gasteiger partial charge in [-0.1, -0.05) is 38.1 Å². The van der Waals surface area contributed by atoms with E-state index in [0.717, 1.165) is 5.56 Å². The third-order valence-corrected chi connectivity index (χ3v) is 5.39. The average molecular weight is 411 g/mol. The average Bonchev–Trinajstić information content (AvgIpc) is 3.12. The first-order chi connectivity index (χ1) is 13.9. The van der Waals surface area contributed by atoms with Gasteiger partial charge in [0.2, 0.25) is 0 Å². The molecular formula is C23H22FNO3S. The fourth-order valence-electron chi connectivity index (χ4n) is 2.89. The molecule has 29 heavy (non-hydrogen) atoms. The summed E-state index contributed by atoms with van der Waals surface area (Å²) in [5.74, 6) is -0.824. The number of esters is 1.